The molecule has 1 aliphatic heterocycles. The van der Waals surface area contributed by atoms with Crippen molar-refractivity contribution in [2.24, 2.45) is 5.73 Å². The summed E-state index contributed by atoms with van der Waals surface area (Å²) in [5.74, 6) is 1.14. The smallest absolute Gasteiger partial charge is 0.205 e. The zero-order valence-electron chi connectivity index (χ0n) is 14.9. The van der Waals surface area contributed by atoms with E-state index in [9.17, 15) is 5.26 Å². The molecule has 3 nitrogen and oxygen atoms in total. The summed E-state index contributed by atoms with van der Waals surface area (Å²) >= 11 is 0. The number of allylic oxidation sites excluding steroid dienone is 1. The lowest BCUT2D eigenvalue weighted by molar-refractivity contribution is 0.395. The molecule has 2 N–H and O–H groups in total. The Bertz CT molecular complexity index is 1060. The van der Waals surface area contributed by atoms with Crippen LogP contribution in [0.4, 0.5) is 0 Å². The molecule has 0 saturated heterocycles. The van der Waals surface area contributed by atoms with Crippen molar-refractivity contribution in [3.63, 3.8) is 0 Å². The summed E-state index contributed by atoms with van der Waals surface area (Å²) in [6.45, 7) is 4.34. The maximum atomic E-state index is 9.77. The van der Waals surface area contributed by atoms with E-state index in [1.807, 2.05) is 24.3 Å². The maximum absolute atomic E-state index is 9.77. The lowest BCUT2D eigenvalue weighted by Crippen LogP contribution is -2.21. The average Bonchev–Trinajstić information content (AvgIpc) is 2.66. The largest absolute Gasteiger partial charge is 0.440 e. The second-order valence-electron chi connectivity index (χ2n) is 6.94. The van der Waals surface area contributed by atoms with Gasteiger partial charge < -0.3 is 10.5 Å². The minimum atomic E-state index is -0.226. The van der Waals surface area contributed by atoms with Gasteiger partial charge in [0.1, 0.15) is 17.4 Å². The Labute approximate surface area is 153 Å². The summed E-state index contributed by atoms with van der Waals surface area (Å²) in [6.07, 6.45) is 0. The van der Waals surface area contributed by atoms with Crippen LogP contribution in [0.5, 0.6) is 5.75 Å². The Morgan fingerprint density at radius 1 is 1.00 bits per heavy atom. The Hall–Kier alpha value is -3.25. The molecule has 1 aliphatic rings. The SMILES string of the molecule is CC(C)c1ccc(C2C(C#N)=C(N)Oc3ccc4ccccc4c32)cc1. The van der Waals surface area contributed by atoms with Crippen molar-refractivity contribution in [2.75, 3.05) is 0 Å². The van der Waals surface area contributed by atoms with Gasteiger partial charge in [0, 0.05) is 5.56 Å². The van der Waals surface area contributed by atoms with Gasteiger partial charge in [-0.2, -0.15) is 5.26 Å². The van der Waals surface area contributed by atoms with E-state index < -0.39 is 0 Å². The number of nitrogens with zero attached hydrogens (tertiary/aromatic N) is 1. The van der Waals surface area contributed by atoms with Crippen molar-refractivity contribution in [3.05, 3.63) is 88.8 Å². The average molecular weight is 340 g/mol. The fourth-order valence-electron chi connectivity index (χ4n) is 3.65. The molecule has 1 atom stereocenters. The van der Waals surface area contributed by atoms with Gasteiger partial charge in [0.25, 0.3) is 0 Å². The zero-order chi connectivity index (χ0) is 18.3. The van der Waals surface area contributed by atoms with E-state index in [-0.39, 0.29) is 11.8 Å². The van der Waals surface area contributed by atoms with Gasteiger partial charge in [0.05, 0.1) is 5.92 Å². The molecule has 3 heteroatoms. The maximum Gasteiger partial charge on any atom is 0.205 e. The van der Waals surface area contributed by atoms with Gasteiger partial charge in [0.2, 0.25) is 5.88 Å². The summed E-state index contributed by atoms with van der Waals surface area (Å²) in [6, 6.07) is 22.9. The van der Waals surface area contributed by atoms with Crippen molar-refractivity contribution in [3.8, 4) is 11.8 Å². The van der Waals surface area contributed by atoms with Gasteiger partial charge in [-0.25, -0.2) is 0 Å². The molecule has 0 aromatic heterocycles. The Morgan fingerprint density at radius 3 is 2.42 bits per heavy atom. The Balaban J connectivity index is 1.98. The van der Waals surface area contributed by atoms with E-state index in [1.165, 1.54) is 5.56 Å². The molecule has 1 unspecified atom stereocenters. The van der Waals surface area contributed by atoms with Crippen LogP contribution in [0.2, 0.25) is 0 Å². The van der Waals surface area contributed by atoms with Crippen molar-refractivity contribution < 1.29 is 4.74 Å². The first-order chi connectivity index (χ1) is 12.6. The predicted molar refractivity (Wildman–Crippen MR) is 104 cm³/mol. The van der Waals surface area contributed by atoms with Crippen LogP contribution < -0.4 is 10.5 Å². The first-order valence-electron chi connectivity index (χ1n) is 8.79. The number of hydrogen-bond donors (Lipinski definition) is 1. The molecule has 0 fully saturated rings. The number of nitriles is 1. The van der Waals surface area contributed by atoms with E-state index in [0.29, 0.717) is 11.5 Å². The molecular weight excluding hydrogens is 320 g/mol. The number of benzene rings is 3. The van der Waals surface area contributed by atoms with Crippen molar-refractivity contribution in [1.29, 1.82) is 5.26 Å². The van der Waals surface area contributed by atoms with E-state index >= 15 is 0 Å². The van der Waals surface area contributed by atoms with Crippen LogP contribution in [0.15, 0.2) is 72.1 Å². The van der Waals surface area contributed by atoms with E-state index in [4.69, 9.17) is 10.5 Å². The second kappa shape index (κ2) is 6.24. The van der Waals surface area contributed by atoms with Gasteiger partial charge >= 0.3 is 0 Å². The van der Waals surface area contributed by atoms with Gasteiger partial charge in [-0.1, -0.05) is 68.4 Å². The predicted octanol–water partition coefficient (Wildman–Crippen LogP) is 5.18. The van der Waals surface area contributed by atoms with Crippen molar-refractivity contribution in [2.45, 2.75) is 25.7 Å². The molecule has 4 rings (SSSR count). The summed E-state index contributed by atoms with van der Waals surface area (Å²) in [5, 5.41) is 12.0. The Morgan fingerprint density at radius 2 is 1.73 bits per heavy atom. The van der Waals surface area contributed by atoms with Crippen molar-refractivity contribution in [1.82, 2.24) is 0 Å². The molecule has 0 spiro atoms. The second-order valence-corrected chi connectivity index (χ2v) is 6.94. The number of ether oxygens (including phenoxy) is 1. The molecule has 3 aromatic carbocycles. The van der Waals surface area contributed by atoms with Crippen LogP contribution in [0, 0.1) is 11.3 Å². The third-order valence-corrected chi connectivity index (χ3v) is 5.05. The van der Waals surface area contributed by atoms with Crippen LogP contribution in [0.1, 0.15) is 42.4 Å². The van der Waals surface area contributed by atoms with Gasteiger partial charge in [-0.3, -0.25) is 0 Å². The summed E-state index contributed by atoms with van der Waals surface area (Å²) in [7, 11) is 0. The Kier molecular flexibility index (Phi) is 3.89. The standard InChI is InChI=1S/C23H20N2O/c1-14(2)15-7-9-17(10-8-15)21-19(13-24)23(25)26-20-12-11-16-5-3-4-6-18(16)22(20)21/h3-12,14,21H,25H2,1-2H3. The highest BCUT2D eigenvalue weighted by Crippen LogP contribution is 2.45. The molecule has 3 aromatic rings. The molecule has 0 radical (unpaired) electrons. The molecule has 128 valence electrons. The minimum Gasteiger partial charge on any atom is -0.440 e. The van der Waals surface area contributed by atoms with Gasteiger partial charge in [-0.15, -0.1) is 0 Å². The topological polar surface area (TPSA) is 59.0 Å². The summed E-state index contributed by atoms with van der Waals surface area (Å²) in [4.78, 5) is 0. The molecule has 0 bridgehead atoms. The van der Waals surface area contributed by atoms with E-state index in [0.717, 1.165) is 27.6 Å². The number of rotatable bonds is 2. The number of hydrogen-bond acceptors (Lipinski definition) is 3. The lowest BCUT2D eigenvalue weighted by Gasteiger charge is -2.28. The van der Waals surface area contributed by atoms with Crippen LogP contribution >= 0.6 is 0 Å². The van der Waals surface area contributed by atoms with Gasteiger partial charge in [0.15, 0.2) is 0 Å². The normalized spacial score (nSPS) is 16.3. The van der Waals surface area contributed by atoms with E-state index in [1.54, 1.807) is 0 Å². The number of nitrogens with two attached hydrogens (primary N) is 1. The molecule has 26 heavy (non-hydrogen) atoms. The fraction of sp³-hybridized carbons (Fsp3) is 0.174. The van der Waals surface area contributed by atoms with E-state index in [2.05, 4.69) is 56.3 Å². The number of fused-ring (bicyclic) bond motifs is 3. The van der Waals surface area contributed by atoms with Gasteiger partial charge in [-0.05, 0) is 33.9 Å². The monoisotopic (exact) mass is 340 g/mol. The third kappa shape index (κ3) is 2.51. The highest BCUT2D eigenvalue weighted by atomic mass is 16.5. The van der Waals surface area contributed by atoms with Crippen LogP contribution in [-0.2, 0) is 0 Å². The van der Waals surface area contributed by atoms with Crippen molar-refractivity contribution >= 4 is 10.8 Å². The van der Waals surface area contributed by atoms with Crippen LogP contribution in [-0.4, -0.2) is 0 Å². The first-order valence-corrected chi connectivity index (χ1v) is 8.79. The third-order valence-electron chi connectivity index (χ3n) is 5.05. The molecule has 0 amide bonds. The fourth-order valence-corrected chi connectivity index (χ4v) is 3.65. The lowest BCUT2D eigenvalue weighted by atomic mass is 9.80. The molecule has 0 saturated carbocycles. The highest BCUT2D eigenvalue weighted by molar-refractivity contribution is 5.90. The minimum absolute atomic E-state index is 0.188. The highest BCUT2D eigenvalue weighted by Gasteiger charge is 2.32. The van der Waals surface area contributed by atoms with Crippen LogP contribution in [0.3, 0.4) is 0 Å². The molecule has 0 aliphatic carbocycles. The van der Waals surface area contributed by atoms with Crippen LogP contribution in [0.25, 0.3) is 10.8 Å². The summed E-state index contributed by atoms with van der Waals surface area (Å²) < 4.78 is 5.79. The quantitative estimate of drug-likeness (QED) is 0.699. The zero-order valence-corrected chi connectivity index (χ0v) is 14.9. The molecule has 1 heterocycles. The summed E-state index contributed by atoms with van der Waals surface area (Å²) in [5.41, 5.74) is 9.88. The molecular formula is C23H20N2O. The first kappa shape index (κ1) is 16.2.